The van der Waals surface area contributed by atoms with Crippen LogP contribution in [0.3, 0.4) is 0 Å². The van der Waals surface area contributed by atoms with Crippen molar-refractivity contribution in [3.63, 3.8) is 0 Å². The van der Waals surface area contributed by atoms with E-state index < -0.39 is 45.6 Å². The molecule has 0 spiro atoms. The molecule has 2 heterocycles. The fraction of sp³-hybridized carbons (Fsp3) is 0.571. The van der Waals surface area contributed by atoms with E-state index in [9.17, 15) is 31.2 Å². The Morgan fingerprint density at radius 1 is 1.38 bits per heavy atom. The smallest absolute Gasteiger partial charge is 0.337 e. The third-order valence-electron chi connectivity index (χ3n) is 3.93. The number of halogens is 3. The fourth-order valence-electron chi connectivity index (χ4n) is 2.72. The van der Waals surface area contributed by atoms with Gasteiger partial charge in [-0.15, -0.1) is 0 Å². The molecule has 0 bridgehead atoms. The van der Waals surface area contributed by atoms with Gasteiger partial charge in [-0.25, -0.2) is 8.42 Å². The van der Waals surface area contributed by atoms with Gasteiger partial charge < -0.3 is 9.47 Å². The van der Waals surface area contributed by atoms with E-state index in [-0.39, 0.29) is 18.1 Å². The van der Waals surface area contributed by atoms with Gasteiger partial charge in [0, 0.05) is 24.8 Å². The Labute approximate surface area is 136 Å². The Morgan fingerprint density at radius 2 is 2.04 bits per heavy atom. The summed E-state index contributed by atoms with van der Waals surface area (Å²) in [7, 11) is -3.20. The Kier molecular flexibility index (Phi) is 5.07. The van der Waals surface area contributed by atoms with Crippen molar-refractivity contribution in [1.29, 1.82) is 0 Å². The minimum absolute atomic E-state index is 0.0229. The summed E-state index contributed by atoms with van der Waals surface area (Å²) in [5.74, 6) is -0.768. The maximum Gasteiger partial charge on any atom is 0.417 e. The summed E-state index contributed by atoms with van der Waals surface area (Å²) in [5.41, 5.74) is -1.76. The number of hydrogen-bond acceptors (Lipinski definition) is 4. The van der Waals surface area contributed by atoms with Crippen LogP contribution in [0.25, 0.3) is 0 Å². The third kappa shape index (κ3) is 4.16. The molecule has 1 aliphatic heterocycles. The molecule has 0 saturated carbocycles. The van der Waals surface area contributed by atoms with E-state index in [2.05, 4.69) is 0 Å². The third-order valence-corrected chi connectivity index (χ3v) is 5.68. The summed E-state index contributed by atoms with van der Waals surface area (Å²) in [5, 5.41) is 0. The predicted molar refractivity (Wildman–Crippen MR) is 80.1 cm³/mol. The summed E-state index contributed by atoms with van der Waals surface area (Å²) >= 11 is 0. The molecule has 1 saturated heterocycles. The number of carbonyl (C=O) groups excluding carboxylic acids is 1. The zero-order valence-corrected chi connectivity index (χ0v) is 13.7. The average Bonchev–Trinajstić information content (AvgIpc) is 2.81. The highest BCUT2D eigenvalue weighted by Crippen LogP contribution is 2.28. The number of nitrogens with zero attached hydrogens (tertiary/aromatic N) is 2. The monoisotopic (exact) mass is 366 g/mol. The highest BCUT2D eigenvalue weighted by atomic mass is 32.2. The van der Waals surface area contributed by atoms with Crippen molar-refractivity contribution in [3.05, 3.63) is 34.2 Å². The second-order valence-electron chi connectivity index (χ2n) is 5.62. The molecular formula is C14H17F3N2O4S. The Bertz CT molecular complexity index is 786. The summed E-state index contributed by atoms with van der Waals surface area (Å²) in [6.07, 6.45) is -3.73. The molecular weight excluding hydrogens is 349 g/mol. The first kappa shape index (κ1) is 18.5. The highest BCUT2D eigenvalue weighted by molar-refractivity contribution is 7.91. The maximum absolute atomic E-state index is 12.7. The zero-order chi connectivity index (χ0) is 18.1. The van der Waals surface area contributed by atoms with Gasteiger partial charge in [0.25, 0.3) is 5.56 Å². The summed E-state index contributed by atoms with van der Waals surface area (Å²) < 4.78 is 61.9. The molecule has 0 radical (unpaired) electrons. The molecule has 1 aromatic rings. The van der Waals surface area contributed by atoms with E-state index in [1.807, 2.05) is 0 Å². The lowest BCUT2D eigenvalue weighted by Crippen LogP contribution is -2.43. The van der Waals surface area contributed by atoms with E-state index in [0.29, 0.717) is 23.3 Å². The number of amides is 1. The standard InChI is InChI=1S/C14H17F3N2O4S/c1-2-19(11-5-6-24(22,23)9-11)13(21)8-18-7-10(14(15,16)17)3-4-12(18)20/h3-4,7,11H,2,5-6,8-9H2,1H3/t11-/m0/s1. The molecule has 0 N–H and O–H groups in total. The van der Waals surface area contributed by atoms with Crippen molar-refractivity contribution >= 4 is 15.7 Å². The molecule has 1 fully saturated rings. The van der Waals surface area contributed by atoms with Crippen LogP contribution in [-0.4, -0.2) is 47.9 Å². The van der Waals surface area contributed by atoms with E-state index in [0.717, 1.165) is 6.07 Å². The van der Waals surface area contributed by atoms with Crippen molar-refractivity contribution in [1.82, 2.24) is 9.47 Å². The fourth-order valence-corrected chi connectivity index (χ4v) is 4.45. The van der Waals surface area contributed by atoms with E-state index >= 15 is 0 Å². The van der Waals surface area contributed by atoms with Gasteiger partial charge in [-0.05, 0) is 19.4 Å². The van der Waals surface area contributed by atoms with Crippen LogP contribution in [0, 0.1) is 0 Å². The lowest BCUT2D eigenvalue weighted by Gasteiger charge is -2.27. The van der Waals surface area contributed by atoms with Gasteiger partial charge in [0.2, 0.25) is 5.91 Å². The number of pyridine rings is 1. The van der Waals surface area contributed by atoms with Crippen molar-refractivity contribution in [2.24, 2.45) is 0 Å². The Hall–Kier alpha value is -1.84. The quantitative estimate of drug-likeness (QED) is 0.794. The SMILES string of the molecule is CCN(C(=O)Cn1cc(C(F)(F)F)ccc1=O)[C@H]1CCS(=O)(=O)C1. The van der Waals surface area contributed by atoms with Crippen molar-refractivity contribution in [3.8, 4) is 0 Å². The number of likely N-dealkylation sites (N-methyl/N-ethyl adjacent to an activating group) is 1. The van der Waals surface area contributed by atoms with Crippen LogP contribution in [0.4, 0.5) is 13.2 Å². The number of rotatable bonds is 4. The molecule has 2 rings (SSSR count). The second-order valence-corrected chi connectivity index (χ2v) is 7.85. The summed E-state index contributed by atoms with van der Waals surface area (Å²) in [6, 6.07) is 0.908. The zero-order valence-electron chi connectivity index (χ0n) is 12.9. The number of carbonyl (C=O) groups is 1. The first-order valence-electron chi connectivity index (χ1n) is 7.31. The summed E-state index contributed by atoms with van der Waals surface area (Å²) in [6.45, 7) is 1.30. The van der Waals surface area contributed by atoms with Crippen molar-refractivity contribution < 1.29 is 26.4 Å². The second kappa shape index (κ2) is 6.58. The minimum atomic E-state index is -4.62. The molecule has 1 amide bonds. The first-order chi connectivity index (χ1) is 11.0. The molecule has 134 valence electrons. The molecule has 0 aliphatic carbocycles. The van der Waals surface area contributed by atoms with Gasteiger partial charge in [0.05, 0.1) is 17.1 Å². The van der Waals surface area contributed by atoms with E-state index in [1.54, 1.807) is 6.92 Å². The largest absolute Gasteiger partial charge is 0.417 e. The van der Waals surface area contributed by atoms with Gasteiger partial charge in [-0.3, -0.25) is 9.59 Å². The van der Waals surface area contributed by atoms with Crippen molar-refractivity contribution in [2.75, 3.05) is 18.1 Å². The van der Waals surface area contributed by atoms with Gasteiger partial charge in [0.1, 0.15) is 6.54 Å². The predicted octanol–water partition coefficient (Wildman–Crippen LogP) is 0.903. The number of hydrogen-bond donors (Lipinski definition) is 0. The van der Waals surface area contributed by atoms with Crippen LogP contribution < -0.4 is 5.56 Å². The topological polar surface area (TPSA) is 76.5 Å². The van der Waals surface area contributed by atoms with Crippen molar-refractivity contribution in [2.45, 2.75) is 32.1 Å². The van der Waals surface area contributed by atoms with Gasteiger partial charge in [-0.2, -0.15) is 13.2 Å². The average molecular weight is 366 g/mol. The molecule has 0 aromatic carbocycles. The maximum atomic E-state index is 12.7. The molecule has 1 aliphatic rings. The summed E-state index contributed by atoms with van der Waals surface area (Å²) in [4.78, 5) is 25.3. The molecule has 24 heavy (non-hydrogen) atoms. The molecule has 10 heteroatoms. The van der Waals surface area contributed by atoms with Crippen LogP contribution in [0.5, 0.6) is 0 Å². The van der Waals surface area contributed by atoms with E-state index in [4.69, 9.17) is 0 Å². The van der Waals surface area contributed by atoms with Crippen LogP contribution in [0.15, 0.2) is 23.1 Å². The molecule has 0 unspecified atom stereocenters. The number of aromatic nitrogens is 1. The normalized spacial score (nSPS) is 20.1. The number of sulfone groups is 1. The van der Waals surface area contributed by atoms with Gasteiger partial charge in [0.15, 0.2) is 9.84 Å². The molecule has 1 aromatic heterocycles. The minimum Gasteiger partial charge on any atom is -0.337 e. The van der Waals surface area contributed by atoms with Gasteiger partial charge >= 0.3 is 6.18 Å². The van der Waals surface area contributed by atoms with Crippen LogP contribution in [-0.2, 0) is 27.4 Å². The first-order valence-corrected chi connectivity index (χ1v) is 9.13. The van der Waals surface area contributed by atoms with Crippen LogP contribution in [0.1, 0.15) is 18.9 Å². The lowest BCUT2D eigenvalue weighted by atomic mass is 10.2. The molecule has 1 atom stereocenters. The molecule has 6 nitrogen and oxygen atoms in total. The van der Waals surface area contributed by atoms with Crippen LogP contribution >= 0.6 is 0 Å². The highest BCUT2D eigenvalue weighted by Gasteiger charge is 2.34. The lowest BCUT2D eigenvalue weighted by molar-refractivity contribution is -0.139. The van der Waals surface area contributed by atoms with Crippen LogP contribution in [0.2, 0.25) is 0 Å². The van der Waals surface area contributed by atoms with E-state index in [1.165, 1.54) is 4.90 Å². The Morgan fingerprint density at radius 3 is 2.54 bits per heavy atom. The Balaban J connectivity index is 2.20. The van der Waals surface area contributed by atoms with Gasteiger partial charge in [-0.1, -0.05) is 0 Å². The number of alkyl halides is 3.